The number of nitrogens with one attached hydrogen (secondary N) is 2. The first-order valence-electron chi connectivity index (χ1n) is 7.16. The highest BCUT2D eigenvalue weighted by molar-refractivity contribution is 5.95. The zero-order valence-electron chi connectivity index (χ0n) is 12.5. The van der Waals surface area contributed by atoms with Crippen molar-refractivity contribution in [2.75, 3.05) is 11.9 Å². The molecule has 0 radical (unpaired) electrons. The van der Waals surface area contributed by atoms with Gasteiger partial charge < -0.3 is 10.6 Å². The molecule has 0 unspecified atom stereocenters. The lowest BCUT2D eigenvalue weighted by molar-refractivity contribution is 0.0949. The highest BCUT2D eigenvalue weighted by Gasteiger charge is 2.06. The van der Waals surface area contributed by atoms with Crippen LogP contribution >= 0.6 is 0 Å². The summed E-state index contributed by atoms with van der Waals surface area (Å²) in [6, 6.07) is 11.5. The summed E-state index contributed by atoms with van der Waals surface area (Å²) in [5.74, 6) is 0.412. The second-order valence-corrected chi connectivity index (χ2v) is 5.40. The summed E-state index contributed by atoms with van der Waals surface area (Å²) in [7, 11) is 0. The second kappa shape index (κ2) is 7.43. The molecule has 0 fully saturated rings. The molecule has 2 rings (SSSR count). The second-order valence-electron chi connectivity index (χ2n) is 5.40. The van der Waals surface area contributed by atoms with Crippen molar-refractivity contribution in [1.82, 2.24) is 10.3 Å². The number of nitrogens with zero attached hydrogens (tertiary/aromatic N) is 1. The van der Waals surface area contributed by atoms with Gasteiger partial charge in [0.2, 0.25) is 0 Å². The van der Waals surface area contributed by atoms with E-state index < -0.39 is 0 Å². The molecular formula is C17H21N3O. The van der Waals surface area contributed by atoms with Crippen molar-refractivity contribution in [2.45, 2.75) is 20.4 Å². The fourth-order valence-electron chi connectivity index (χ4n) is 1.88. The summed E-state index contributed by atoms with van der Waals surface area (Å²) in [5, 5.41) is 6.22. The molecule has 0 aliphatic heterocycles. The zero-order valence-corrected chi connectivity index (χ0v) is 12.5. The van der Waals surface area contributed by atoms with Crippen molar-refractivity contribution in [3.63, 3.8) is 0 Å². The Morgan fingerprint density at radius 1 is 1.24 bits per heavy atom. The van der Waals surface area contributed by atoms with Crippen molar-refractivity contribution in [3.8, 4) is 0 Å². The summed E-state index contributed by atoms with van der Waals surface area (Å²) in [4.78, 5) is 16.1. The maximum atomic E-state index is 12.0. The van der Waals surface area contributed by atoms with Crippen LogP contribution in [0.5, 0.6) is 0 Å². The van der Waals surface area contributed by atoms with Crippen LogP contribution in [0.1, 0.15) is 29.8 Å². The Hall–Kier alpha value is -2.36. The first-order valence-corrected chi connectivity index (χ1v) is 7.16. The number of amides is 1. The molecule has 0 saturated heterocycles. The molecule has 1 amide bonds. The normalized spacial score (nSPS) is 10.4. The topological polar surface area (TPSA) is 54.0 Å². The smallest absolute Gasteiger partial charge is 0.251 e. The van der Waals surface area contributed by atoms with Crippen LogP contribution in [0, 0.1) is 5.92 Å². The minimum absolute atomic E-state index is 0.0336. The van der Waals surface area contributed by atoms with Crippen molar-refractivity contribution in [1.29, 1.82) is 0 Å². The van der Waals surface area contributed by atoms with Crippen LogP contribution in [0.2, 0.25) is 0 Å². The van der Waals surface area contributed by atoms with E-state index in [1.54, 1.807) is 6.20 Å². The van der Waals surface area contributed by atoms with E-state index in [-0.39, 0.29) is 5.91 Å². The number of benzene rings is 1. The predicted molar refractivity (Wildman–Crippen MR) is 85.2 cm³/mol. The molecule has 0 spiro atoms. The maximum Gasteiger partial charge on any atom is 0.251 e. The lowest BCUT2D eigenvalue weighted by Crippen LogP contribution is -2.27. The van der Waals surface area contributed by atoms with E-state index in [1.165, 1.54) is 0 Å². The number of hydrogen-bond acceptors (Lipinski definition) is 3. The van der Waals surface area contributed by atoms with Crippen molar-refractivity contribution in [2.24, 2.45) is 5.92 Å². The Kier molecular flexibility index (Phi) is 5.32. The fraction of sp³-hybridized carbons (Fsp3) is 0.294. The van der Waals surface area contributed by atoms with Crippen LogP contribution in [0.3, 0.4) is 0 Å². The van der Waals surface area contributed by atoms with Gasteiger partial charge in [-0.3, -0.25) is 9.78 Å². The van der Waals surface area contributed by atoms with E-state index in [9.17, 15) is 4.79 Å². The average molecular weight is 283 g/mol. The fourth-order valence-corrected chi connectivity index (χ4v) is 1.88. The molecule has 0 bridgehead atoms. The molecule has 4 heteroatoms. The highest BCUT2D eigenvalue weighted by atomic mass is 16.1. The molecular weight excluding hydrogens is 262 g/mol. The van der Waals surface area contributed by atoms with Gasteiger partial charge in [0.1, 0.15) is 0 Å². The number of carbonyl (C=O) groups excluding carboxylic acids is 1. The summed E-state index contributed by atoms with van der Waals surface area (Å²) >= 11 is 0. The third-order valence-corrected chi connectivity index (χ3v) is 3.02. The molecule has 0 saturated carbocycles. The summed E-state index contributed by atoms with van der Waals surface area (Å²) in [5.41, 5.74) is 2.70. The van der Waals surface area contributed by atoms with Gasteiger partial charge in [0.25, 0.3) is 5.91 Å². The first-order chi connectivity index (χ1) is 10.1. The Morgan fingerprint density at radius 2 is 2.10 bits per heavy atom. The monoisotopic (exact) mass is 283 g/mol. The van der Waals surface area contributed by atoms with E-state index >= 15 is 0 Å². The minimum Gasteiger partial charge on any atom is -0.381 e. The molecule has 2 N–H and O–H groups in total. The van der Waals surface area contributed by atoms with Crippen molar-refractivity contribution < 1.29 is 4.79 Å². The number of rotatable bonds is 6. The van der Waals surface area contributed by atoms with E-state index in [0.717, 1.165) is 11.3 Å². The summed E-state index contributed by atoms with van der Waals surface area (Å²) in [6.45, 7) is 5.52. The quantitative estimate of drug-likeness (QED) is 0.856. The number of carbonyl (C=O) groups is 1. The molecule has 21 heavy (non-hydrogen) atoms. The third-order valence-electron chi connectivity index (χ3n) is 3.02. The van der Waals surface area contributed by atoms with Crippen LogP contribution in [-0.2, 0) is 6.54 Å². The van der Waals surface area contributed by atoms with Crippen molar-refractivity contribution in [3.05, 3.63) is 59.9 Å². The van der Waals surface area contributed by atoms with Gasteiger partial charge in [-0.15, -0.1) is 0 Å². The summed E-state index contributed by atoms with van der Waals surface area (Å²) in [6.07, 6.45) is 3.58. The van der Waals surface area contributed by atoms with Crippen LogP contribution < -0.4 is 10.6 Å². The first kappa shape index (κ1) is 15.0. The third kappa shape index (κ3) is 4.91. The number of anilines is 1. The SMILES string of the molecule is CC(C)CNC(=O)c1cccc(NCc2cccnc2)c1. The van der Waals surface area contributed by atoms with Gasteiger partial charge in [-0.25, -0.2) is 0 Å². The molecule has 2 aromatic rings. The lowest BCUT2D eigenvalue weighted by Gasteiger charge is -2.10. The Bertz CT molecular complexity index is 582. The number of hydrogen-bond donors (Lipinski definition) is 2. The van der Waals surface area contributed by atoms with Crippen LogP contribution in [0.4, 0.5) is 5.69 Å². The van der Waals surface area contributed by atoms with Crippen LogP contribution in [0.15, 0.2) is 48.8 Å². The lowest BCUT2D eigenvalue weighted by atomic mass is 10.1. The molecule has 0 atom stereocenters. The van der Waals surface area contributed by atoms with E-state index in [4.69, 9.17) is 0 Å². The molecule has 4 nitrogen and oxygen atoms in total. The average Bonchev–Trinajstić information content (AvgIpc) is 2.52. The molecule has 0 aliphatic rings. The standard InChI is InChI=1S/C17H21N3O/c1-13(2)10-20-17(21)15-6-3-7-16(9-15)19-12-14-5-4-8-18-11-14/h3-9,11,13,19H,10,12H2,1-2H3,(H,20,21). The Balaban J connectivity index is 1.96. The largest absolute Gasteiger partial charge is 0.381 e. The molecule has 0 aliphatic carbocycles. The highest BCUT2D eigenvalue weighted by Crippen LogP contribution is 2.12. The van der Waals surface area contributed by atoms with Gasteiger partial charge in [0.15, 0.2) is 0 Å². The maximum absolute atomic E-state index is 12.0. The minimum atomic E-state index is -0.0336. The van der Waals surface area contributed by atoms with Gasteiger partial charge in [0, 0.05) is 36.7 Å². The van der Waals surface area contributed by atoms with E-state index in [0.29, 0.717) is 24.6 Å². The Labute approximate surface area is 125 Å². The van der Waals surface area contributed by atoms with E-state index in [1.807, 2.05) is 42.6 Å². The number of pyridine rings is 1. The van der Waals surface area contributed by atoms with Crippen LogP contribution in [-0.4, -0.2) is 17.4 Å². The van der Waals surface area contributed by atoms with Gasteiger partial charge in [0.05, 0.1) is 0 Å². The molecule has 1 aromatic heterocycles. The zero-order chi connectivity index (χ0) is 15.1. The van der Waals surface area contributed by atoms with Gasteiger partial charge >= 0.3 is 0 Å². The Morgan fingerprint density at radius 3 is 2.81 bits per heavy atom. The van der Waals surface area contributed by atoms with E-state index in [2.05, 4.69) is 29.5 Å². The van der Waals surface area contributed by atoms with Gasteiger partial charge in [-0.05, 0) is 35.7 Å². The molecule has 110 valence electrons. The number of aromatic nitrogens is 1. The summed E-state index contributed by atoms with van der Waals surface area (Å²) < 4.78 is 0. The predicted octanol–water partition coefficient (Wildman–Crippen LogP) is 3.08. The van der Waals surface area contributed by atoms with Gasteiger partial charge in [-0.2, -0.15) is 0 Å². The van der Waals surface area contributed by atoms with Gasteiger partial charge in [-0.1, -0.05) is 26.0 Å². The van der Waals surface area contributed by atoms with Crippen molar-refractivity contribution >= 4 is 11.6 Å². The molecule has 1 heterocycles. The van der Waals surface area contributed by atoms with Crippen LogP contribution in [0.25, 0.3) is 0 Å². The molecule has 1 aromatic carbocycles.